The molecule has 8 heteroatoms. The highest BCUT2D eigenvalue weighted by Gasteiger charge is 2.06. The third-order valence-electron chi connectivity index (χ3n) is 4.69. The molecule has 1 aromatic carbocycles. The molecular formula is C20H33IN6O. The van der Waals surface area contributed by atoms with Gasteiger partial charge in [-0.05, 0) is 50.3 Å². The molecule has 0 aliphatic heterocycles. The van der Waals surface area contributed by atoms with Crippen LogP contribution in [0.1, 0.15) is 34.8 Å². The van der Waals surface area contributed by atoms with Crippen molar-refractivity contribution in [2.75, 3.05) is 26.8 Å². The molecule has 1 heterocycles. The van der Waals surface area contributed by atoms with E-state index in [9.17, 15) is 0 Å². The number of hydrogen-bond donors (Lipinski definition) is 2. The summed E-state index contributed by atoms with van der Waals surface area (Å²) in [6, 6.07) is 6.43. The summed E-state index contributed by atoms with van der Waals surface area (Å²) >= 11 is 0. The van der Waals surface area contributed by atoms with Crippen molar-refractivity contribution in [3.8, 4) is 0 Å². The van der Waals surface area contributed by atoms with Gasteiger partial charge in [0, 0.05) is 33.9 Å². The molecule has 0 spiro atoms. The van der Waals surface area contributed by atoms with Gasteiger partial charge in [0.1, 0.15) is 12.4 Å². The van der Waals surface area contributed by atoms with Crippen molar-refractivity contribution in [3.63, 3.8) is 0 Å². The Morgan fingerprint density at radius 3 is 2.39 bits per heavy atom. The number of aryl methyl sites for hydroxylation is 3. The molecule has 0 aliphatic rings. The fourth-order valence-electron chi connectivity index (χ4n) is 2.89. The molecule has 0 bridgehead atoms. The van der Waals surface area contributed by atoms with Crippen LogP contribution in [0.5, 0.6) is 0 Å². The SMILES string of the molecule is COCCCNC(=NCc1nnc(C)n1C)NCCc1c(C)cccc1C.I. The third kappa shape index (κ3) is 7.38. The van der Waals surface area contributed by atoms with Gasteiger partial charge in [-0.3, -0.25) is 0 Å². The number of nitrogens with zero attached hydrogens (tertiary/aromatic N) is 4. The van der Waals surface area contributed by atoms with E-state index in [2.05, 4.69) is 57.9 Å². The molecule has 0 atom stereocenters. The first-order valence-corrected chi connectivity index (χ1v) is 9.44. The number of hydrogen-bond acceptors (Lipinski definition) is 4. The van der Waals surface area contributed by atoms with Crippen LogP contribution in [0.3, 0.4) is 0 Å². The number of methoxy groups -OCH3 is 1. The van der Waals surface area contributed by atoms with E-state index in [1.807, 2.05) is 18.5 Å². The van der Waals surface area contributed by atoms with E-state index in [1.165, 1.54) is 16.7 Å². The largest absolute Gasteiger partial charge is 0.385 e. The first kappa shape index (κ1) is 24.4. The Labute approximate surface area is 185 Å². The van der Waals surface area contributed by atoms with Gasteiger partial charge in [-0.25, -0.2) is 4.99 Å². The lowest BCUT2D eigenvalue weighted by Crippen LogP contribution is -2.39. The normalized spacial score (nSPS) is 11.2. The van der Waals surface area contributed by atoms with Crippen LogP contribution in [-0.2, 0) is 24.8 Å². The summed E-state index contributed by atoms with van der Waals surface area (Å²) in [5, 5.41) is 15.1. The maximum Gasteiger partial charge on any atom is 0.191 e. The highest BCUT2D eigenvalue weighted by atomic mass is 127. The second-order valence-electron chi connectivity index (χ2n) is 6.71. The van der Waals surface area contributed by atoms with E-state index < -0.39 is 0 Å². The van der Waals surface area contributed by atoms with Crippen molar-refractivity contribution < 1.29 is 4.74 Å². The molecule has 2 aromatic rings. The van der Waals surface area contributed by atoms with Gasteiger partial charge in [-0.15, -0.1) is 34.2 Å². The molecule has 2 rings (SSSR count). The van der Waals surface area contributed by atoms with E-state index in [1.54, 1.807) is 7.11 Å². The summed E-state index contributed by atoms with van der Waals surface area (Å²) in [6.07, 6.45) is 1.89. The lowest BCUT2D eigenvalue weighted by atomic mass is 10.0. The van der Waals surface area contributed by atoms with Crippen LogP contribution in [0.2, 0.25) is 0 Å². The van der Waals surface area contributed by atoms with Crippen molar-refractivity contribution in [3.05, 3.63) is 46.5 Å². The summed E-state index contributed by atoms with van der Waals surface area (Å²) < 4.78 is 7.08. The summed E-state index contributed by atoms with van der Waals surface area (Å²) in [6.45, 7) is 9.10. The van der Waals surface area contributed by atoms with Gasteiger partial charge in [0.15, 0.2) is 11.8 Å². The lowest BCUT2D eigenvalue weighted by Gasteiger charge is -2.14. The predicted octanol–water partition coefficient (Wildman–Crippen LogP) is 2.67. The van der Waals surface area contributed by atoms with E-state index in [0.717, 1.165) is 50.1 Å². The summed E-state index contributed by atoms with van der Waals surface area (Å²) in [5.74, 6) is 2.52. The highest BCUT2D eigenvalue weighted by molar-refractivity contribution is 14.0. The smallest absolute Gasteiger partial charge is 0.191 e. The summed E-state index contributed by atoms with van der Waals surface area (Å²) in [7, 11) is 3.68. The Bertz CT molecular complexity index is 739. The Morgan fingerprint density at radius 1 is 1.11 bits per heavy atom. The van der Waals surface area contributed by atoms with Crippen molar-refractivity contribution in [1.29, 1.82) is 0 Å². The van der Waals surface area contributed by atoms with Crippen LogP contribution in [0.15, 0.2) is 23.2 Å². The van der Waals surface area contributed by atoms with Crippen molar-refractivity contribution in [2.24, 2.45) is 12.0 Å². The molecular weight excluding hydrogens is 467 g/mol. The highest BCUT2D eigenvalue weighted by Crippen LogP contribution is 2.13. The van der Waals surface area contributed by atoms with E-state index in [4.69, 9.17) is 4.74 Å². The quantitative estimate of drug-likeness (QED) is 0.240. The number of rotatable bonds is 9. The number of benzene rings is 1. The third-order valence-corrected chi connectivity index (χ3v) is 4.69. The van der Waals surface area contributed by atoms with E-state index >= 15 is 0 Å². The zero-order valence-corrected chi connectivity index (χ0v) is 19.9. The van der Waals surface area contributed by atoms with Crippen molar-refractivity contribution >= 4 is 29.9 Å². The lowest BCUT2D eigenvalue weighted by molar-refractivity contribution is 0.195. The number of aliphatic imine (C=N–C) groups is 1. The van der Waals surface area contributed by atoms with Crippen molar-refractivity contribution in [1.82, 2.24) is 25.4 Å². The molecule has 156 valence electrons. The van der Waals surface area contributed by atoms with Gasteiger partial charge in [-0.1, -0.05) is 18.2 Å². The van der Waals surface area contributed by atoms with Gasteiger partial charge in [-0.2, -0.15) is 0 Å². The Kier molecular flexibility index (Phi) is 11.1. The van der Waals surface area contributed by atoms with E-state index in [-0.39, 0.29) is 24.0 Å². The number of ether oxygens (including phenoxy) is 1. The zero-order chi connectivity index (χ0) is 19.6. The number of guanidine groups is 1. The summed E-state index contributed by atoms with van der Waals surface area (Å²) in [5.41, 5.74) is 4.06. The van der Waals surface area contributed by atoms with Crippen LogP contribution < -0.4 is 10.6 Å². The Hall–Kier alpha value is -1.68. The first-order chi connectivity index (χ1) is 13.0. The Balaban J connectivity index is 0.00000392. The van der Waals surface area contributed by atoms with Crippen LogP contribution in [-0.4, -0.2) is 47.5 Å². The van der Waals surface area contributed by atoms with Crippen LogP contribution in [0.25, 0.3) is 0 Å². The van der Waals surface area contributed by atoms with E-state index in [0.29, 0.717) is 6.54 Å². The molecule has 0 saturated heterocycles. The van der Waals surface area contributed by atoms with Gasteiger partial charge in [0.25, 0.3) is 0 Å². The van der Waals surface area contributed by atoms with Gasteiger partial charge < -0.3 is 19.9 Å². The fraction of sp³-hybridized carbons (Fsp3) is 0.550. The number of aromatic nitrogens is 3. The molecule has 7 nitrogen and oxygen atoms in total. The van der Waals surface area contributed by atoms with Gasteiger partial charge >= 0.3 is 0 Å². The van der Waals surface area contributed by atoms with Gasteiger partial charge in [0.2, 0.25) is 0 Å². The number of halogens is 1. The zero-order valence-electron chi connectivity index (χ0n) is 17.6. The molecule has 0 fully saturated rings. The molecule has 0 amide bonds. The van der Waals surface area contributed by atoms with Gasteiger partial charge in [0.05, 0.1) is 0 Å². The monoisotopic (exact) mass is 500 g/mol. The topological polar surface area (TPSA) is 76.4 Å². The predicted molar refractivity (Wildman–Crippen MR) is 124 cm³/mol. The molecule has 0 saturated carbocycles. The van der Waals surface area contributed by atoms with Crippen molar-refractivity contribution in [2.45, 2.75) is 40.2 Å². The molecule has 1 aromatic heterocycles. The molecule has 0 radical (unpaired) electrons. The minimum atomic E-state index is 0. The fourth-order valence-corrected chi connectivity index (χ4v) is 2.89. The number of nitrogens with one attached hydrogen (secondary N) is 2. The molecule has 0 unspecified atom stereocenters. The average Bonchev–Trinajstić information content (AvgIpc) is 2.97. The molecule has 0 aliphatic carbocycles. The Morgan fingerprint density at radius 2 is 1.79 bits per heavy atom. The second-order valence-corrected chi connectivity index (χ2v) is 6.71. The minimum absolute atomic E-state index is 0. The standard InChI is InChI=1S/C20H32N6O.HI/c1-15-8-6-9-16(2)18(15)10-12-22-20(21-11-7-13-27-5)23-14-19-25-24-17(3)26(19)4;/h6,8-9H,7,10-14H2,1-5H3,(H2,21,22,23);1H. The second kappa shape index (κ2) is 12.7. The molecule has 28 heavy (non-hydrogen) atoms. The minimum Gasteiger partial charge on any atom is -0.385 e. The van der Waals surface area contributed by atoms with Crippen LogP contribution in [0.4, 0.5) is 0 Å². The average molecular weight is 500 g/mol. The first-order valence-electron chi connectivity index (χ1n) is 9.44. The summed E-state index contributed by atoms with van der Waals surface area (Å²) in [4.78, 5) is 4.67. The van der Waals surface area contributed by atoms with Crippen LogP contribution in [0, 0.1) is 20.8 Å². The maximum absolute atomic E-state index is 5.11. The molecule has 2 N–H and O–H groups in total. The van der Waals surface area contributed by atoms with Crippen LogP contribution >= 0.6 is 24.0 Å². The maximum atomic E-state index is 5.11.